The van der Waals surface area contributed by atoms with Crippen LogP contribution in [0.3, 0.4) is 0 Å². The van der Waals surface area contributed by atoms with Gasteiger partial charge in [-0.15, -0.1) is 11.3 Å². The first-order chi connectivity index (χ1) is 15.1. The smallest absolute Gasteiger partial charge is 0.273 e. The lowest BCUT2D eigenvalue weighted by molar-refractivity contribution is -0.119. The van der Waals surface area contributed by atoms with Gasteiger partial charge >= 0.3 is 0 Å². The van der Waals surface area contributed by atoms with Gasteiger partial charge in [-0.05, 0) is 24.3 Å². The number of hydrogen-bond acceptors (Lipinski definition) is 7. The number of nitrogens with zero attached hydrogens (tertiary/aromatic N) is 3. The lowest BCUT2D eigenvalue weighted by Gasteiger charge is -2.20. The van der Waals surface area contributed by atoms with E-state index < -0.39 is 17.9 Å². The summed E-state index contributed by atoms with van der Waals surface area (Å²) in [4.78, 5) is 29.1. The van der Waals surface area contributed by atoms with Gasteiger partial charge in [0.1, 0.15) is 23.0 Å². The molecule has 3 heterocycles. The monoisotopic (exact) mass is 431 g/mol. The van der Waals surface area contributed by atoms with E-state index in [0.29, 0.717) is 22.3 Å². The van der Waals surface area contributed by atoms with Crippen molar-refractivity contribution in [1.82, 2.24) is 4.98 Å². The molecule has 0 bridgehead atoms. The Morgan fingerprint density at radius 2 is 1.90 bits per heavy atom. The molecule has 2 aromatic carbocycles. The van der Waals surface area contributed by atoms with Crippen LogP contribution in [0, 0.1) is 0 Å². The number of anilines is 2. The molecule has 1 unspecified atom stereocenters. The lowest BCUT2D eigenvalue weighted by atomic mass is 10.1. The van der Waals surface area contributed by atoms with E-state index in [9.17, 15) is 9.59 Å². The van der Waals surface area contributed by atoms with E-state index in [4.69, 9.17) is 10.2 Å². The number of amides is 2. The summed E-state index contributed by atoms with van der Waals surface area (Å²) in [6.07, 6.45) is 0.123. The van der Waals surface area contributed by atoms with Gasteiger partial charge < -0.3 is 10.2 Å². The number of carbonyl (C=O) groups is 2. The van der Waals surface area contributed by atoms with Crippen LogP contribution in [0.4, 0.5) is 10.8 Å². The minimum absolute atomic E-state index is 0.123. The molecule has 0 saturated carbocycles. The Balaban J connectivity index is 1.35. The average Bonchev–Trinajstić information content (AvgIpc) is 3.51. The maximum Gasteiger partial charge on any atom is 0.273 e. The number of nitrogens with one attached hydrogen (secondary N) is 1. The molecule has 3 N–H and O–H groups in total. The van der Waals surface area contributed by atoms with E-state index >= 15 is 0 Å². The summed E-state index contributed by atoms with van der Waals surface area (Å²) >= 11 is 1.28. The zero-order chi connectivity index (χ0) is 21.4. The molecule has 1 atom stereocenters. The summed E-state index contributed by atoms with van der Waals surface area (Å²) < 4.78 is 5.83. The molecule has 1 aliphatic heterocycles. The normalized spacial score (nSPS) is 15.8. The van der Waals surface area contributed by atoms with Gasteiger partial charge in [0.2, 0.25) is 5.91 Å². The largest absolute Gasteiger partial charge is 0.454 e. The molecule has 154 valence electrons. The van der Waals surface area contributed by atoms with Crippen molar-refractivity contribution < 1.29 is 14.0 Å². The Morgan fingerprint density at radius 3 is 2.68 bits per heavy atom. The first-order valence-corrected chi connectivity index (χ1v) is 10.4. The molecular formula is C22H17N5O3S. The van der Waals surface area contributed by atoms with Crippen LogP contribution in [-0.2, 0) is 9.59 Å². The highest BCUT2D eigenvalue weighted by Gasteiger charge is 2.35. The zero-order valence-corrected chi connectivity index (χ0v) is 17.0. The van der Waals surface area contributed by atoms with Gasteiger partial charge in [0.15, 0.2) is 10.9 Å². The maximum atomic E-state index is 12.8. The molecule has 8 nitrogen and oxygen atoms in total. The number of rotatable bonds is 5. The third-order valence-corrected chi connectivity index (χ3v) is 5.68. The quantitative estimate of drug-likeness (QED) is 0.501. The summed E-state index contributed by atoms with van der Waals surface area (Å²) in [6, 6.07) is 18.0. The van der Waals surface area contributed by atoms with Gasteiger partial charge in [-0.1, -0.05) is 36.4 Å². The zero-order valence-electron chi connectivity index (χ0n) is 16.2. The number of benzene rings is 2. The molecule has 9 heteroatoms. The third kappa shape index (κ3) is 3.66. The molecule has 2 amide bonds. The molecule has 0 fully saturated rings. The number of primary amides is 1. The second-order valence-electron chi connectivity index (χ2n) is 6.99. The summed E-state index contributed by atoms with van der Waals surface area (Å²) in [7, 11) is 0. The highest BCUT2D eigenvalue weighted by Crippen LogP contribution is 2.30. The molecule has 1 aliphatic rings. The summed E-state index contributed by atoms with van der Waals surface area (Å²) in [6.45, 7) is 0. The predicted molar refractivity (Wildman–Crippen MR) is 120 cm³/mol. The van der Waals surface area contributed by atoms with Crippen molar-refractivity contribution in [1.29, 1.82) is 0 Å². The van der Waals surface area contributed by atoms with Crippen molar-refractivity contribution in [2.75, 3.05) is 10.3 Å². The van der Waals surface area contributed by atoms with Crippen molar-refractivity contribution in [3.8, 4) is 11.5 Å². The molecule has 0 saturated heterocycles. The van der Waals surface area contributed by atoms with Crippen LogP contribution in [0.1, 0.15) is 6.42 Å². The lowest BCUT2D eigenvalue weighted by Crippen LogP contribution is -2.39. The van der Waals surface area contributed by atoms with Crippen LogP contribution >= 0.6 is 11.3 Å². The second kappa shape index (κ2) is 7.69. The number of aromatic nitrogens is 1. The number of thiazole rings is 1. The summed E-state index contributed by atoms with van der Waals surface area (Å²) in [5.41, 5.74) is 7.84. The van der Waals surface area contributed by atoms with E-state index in [2.05, 4.69) is 15.4 Å². The first kappa shape index (κ1) is 19.0. The van der Waals surface area contributed by atoms with Crippen molar-refractivity contribution >= 4 is 50.7 Å². The maximum absolute atomic E-state index is 12.8. The number of furan rings is 1. The Morgan fingerprint density at radius 1 is 1.13 bits per heavy atom. The van der Waals surface area contributed by atoms with Gasteiger partial charge in [-0.25, -0.2) is 4.98 Å². The van der Waals surface area contributed by atoms with E-state index in [1.54, 1.807) is 12.1 Å². The molecule has 5 rings (SSSR count). The first-order valence-electron chi connectivity index (χ1n) is 9.55. The minimum Gasteiger partial charge on any atom is -0.454 e. The van der Waals surface area contributed by atoms with Crippen molar-refractivity contribution in [3.05, 3.63) is 66.0 Å². The Hall–Kier alpha value is -3.98. The van der Waals surface area contributed by atoms with Crippen LogP contribution in [0.15, 0.2) is 75.6 Å². The number of fused-ring (bicyclic) bond motifs is 1. The van der Waals surface area contributed by atoms with Gasteiger partial charge in [0.25, 0.3) is 5.91 Å². The van der Waals surface area contributed by atoms with Gasteiger partial charge in [-0.3, -0.25) is 19.9 Å². The highest BCUT2D eigenvalue weighted by molar-refractivity contribution is 7.14. The highest BCUT2D eigenvalue weighted by atomic mass is 32.1. The predicted octanol–water partition coefficient (Wildman–Crippen LogP) is 3.62. The van der Waals surface area contributed by atoms with E-state index in [1.807, 2.05) is 53.9 Å². The van der Waals surface area contributed by atoms with E-state index in [1.165, 1.54) is 16.3 Å². The fraction of sp³-hybridized carbons (Fsp3) is 0.0909. The molecule has 0 aliphatic carbocycles. The van der Waals surface area contributed by atoms with Crippen molar-refractivity contribution in [2.45, 2.75) is 12.5 Å². The van der Waals surface area contributed by atoms with Crippen LogP contribution in [-0.4, -0.2) is 28.6 Å². The van der Waals surface area contributed by atoms with Crippen LogP contribution in [0.5, 0.6) is 0 Å². The molecule has 31 heavy (non-hydrogen) atoms. The summed E-state index contributed by atoms with van der Waals surface area (Å²) in [5.74, 6) is -0.341. The molecule has 2 aromatic heterocycles. The molecule has 0 radical (unpaired) electrons. The number of hydrogen-bond donors (Lipinski definition) is 2. The fourth-order valence-electron chi connectivity index (χ4n) is 3.41. The second-order valence-corrected chi connectivity index (χ2v) is 7.85. The Kier molecular flexibility index (Phi) is 4.72. The van der Waals surface area contributed by atoms with Crippen LogP contribution < -0.4 is 16.1 Å². The van der Waals surface area contributed by atoms with E-state index in [-0.39, 0.29) is 12.1 Å². The Bertz CT molecular complexity index is 1280. The number of nitrogens with two attached hydrogens (primary N) is 1. The van der Waals surface area contributed by atoms with Crippen LogP contribution in [0.25, 0.3) is 22.4 Å². The topological polar surface area (TPSA) is 114 Å². The number of para-hydroxylation sites is 2. The molecular weight excluding hydrogens is 414 g/mol. The number of hydrazone groups is 1. The Labute approximate surface area is 181 Å². The van der Waals surface area contributed by atoms with E-state index in [0.717, 1.165) is 11.0 Å². The average molecular weight is 431 g/mol. The van der Waals surface area contributed by atoms with Gasteiger partial charge in [-0.2, -0.15) is 5.10 Å². The standard InChI is InChI=1S/C22H17N5O3S/c23-20(28)17-11-15(26-27(17)14-7-2-1-3-8-14)21(29)25-22-24-16(12-31-22)19-10-13-6-4-5-9-18(13)30-19/h1-10,12,17H,11H2,(H2,23,28)(H,24,25,29). The van der Waals surface area contributed by atoms with Gasteiger partial charge in [0.05, 0.1) is 5.69 Å². The number of carbonyl (C=O) groups excluding carboxylic acids is 2. The minimum atomic E-state index is -0.717. The molecule has 0 spiro atoms. The molecule has 4 aromatic rings. The SMILES string of the molecule is NC(=O)C1CC(C(=O)Nc2nc(-c3cc4ccccc4o3)cs2)=NN1c1ccccc1. The van der Waals surface area contributed by atoms with Crippen molar-refractivity contribution in [3.63, 3.8) is 0 Å². The van der Waals surface area contributed by atoms with Crippen molar-refractivity contribution in [2.24, 2.45) is 10.8 Å². The third-order valence-electron chi connectivity index (χ3n) is 4.92. The van der Waals surface area contributed by atoms with Gasteiger partial charge in [0, 0.05) is 17.2 Å². The summed E-state index contributed by atoms with van der Waals surface area (Å²) in [5, 5.41) is 11.8. The fourth-order valence-corrected chi connectivity index (χ4v) is 4.10. The van der Waals surface area contributed by atoms with Crippen LogP contribution in [0.2, 0.25) is 0 Å².